The molecule has 2 heterocycles. The number of rotatable bonds is 1. The maximum Gasteiger partial charge on any atom is 0.229 e. The summed E-state index contributed by atoms with van der Waals surface area (Å²) in [7, 11) is 0. The number of hydrogen-bond donors (Lipinski definition) is 0. The molecule has 0 unspecified atom stereocenters. The largest absolute Gasteiger partial charge is 1.00 e. The van der Waals surface area contributed by atoms with Crippen molar-refractivity contribution in [3.63, 3.8) is 0 Å². The Balaban J connectivity index is 0.000000845. The highest BCUT2D eigenvalue weighted by Crippen LogP contribution is 2.07. The number of H-pyrrole nitrogens is 1. The number of pyridine rings is 2. The minimum atomic E-state index is 0. The fraction of sp³-hybridized carbons (Fsp3) is 0. The number of aromatic amines is 1. The standard InChI is InChI=1S/C10H8N2.BrH.H2O/c1-3-7-11-9(5-1)10-6-2-4-8-12-10;;/h1-8H;1H;1H2. The van der Waals surface area contributed by atoms with Crippen LogP contribution in [0.3, 0.4) is 0 Å². The Hall–Kier alpha value is -1.26. The smallest absolute Gasteiger partial charge is 0.229 e. The minimum absolute atomic E-state index is 0. The zero-order valence-corrected chi connectivity index (χ0v) is 9.03. The van der Waals surface area contributed by atoms with E-state index in [-0.39, 0.29) is 22.5 Å². The molecule has 0 fully saturated rings. The summed E-state index contributed by atoms with van der Waals surface area (Å²) in [6.45, 7) is 0. The molecule has 0 aliphatic rings. The van der Waals surface area contributed by atoms with Crippen LogP contribution in [0.25, 0.3) is 11.4 Å². The van der Waals surface area contributed by atoms with Gasteiger partial charge >= 0.3 is 0 Å². The second-order valence-corrected chi connectivity index (χ2v) is 2.49. The molecule has 0 saturated heterocycles. The predicted octanol–water partition coefficient (Wildman–Crippen LogP) is -2.26. The Labute approximate surface area is 92.9 Å². The van der Waals surface area contributed by atoms with Gasteiger partial charge in [0.2, 0.25) is 5.69 Å². The van der Waals surface area contributed by atoms with Gasteiger partial charge in [-0.15, -0.1) is 0 Å². The van der Waals surface area contributed by atoms with Gasteiger partial charge < -0.3 is 22.5 Å². The third-order valence-electron chi connectivity index (χ3n) is 1.65. The first kappa shape index (κ1) is 12.7. The first-order chi connectivity index (χ1) is 5.97. The SMILES string of the molecule is O.[Br-].c1ccc(-c2cccc[nH+]2)nc1. The molecule has 0 atom stereocenters. The first-order valence-corrected chi connectivity index (χ1v) is 3.85. The van der Waals surface area contributed by atoms with Crippen LogP contribution in [0, 0.1) is 0 Å². The zero-order valence-electron chi connectivity index (χ0n) is 7.44. The van der Waals surface area contributed by atoms with Crippen LogP contribution in [0.15, 0.2) is 48.8 Å². The average Bonchev–Trinajstić information content (AvgIpc) is 2.21. The molecule has 3 N–H and O–H groups in total. The Kier molecular flexibility index (Phi) is 5.67. The quantitative estimate of drug-likeness (QED) is 0.567. The van der Waals surface area contributed by atoms with Gasteiger partial charge in [0.15, 0.2) is 6.20 Å². The van der Waals surface area contributed by atoms with E-state index < -0.39 is 0 Å². The Morgan fingerprint density at radius 3 is 2.36 bits per heavy atom. The molecule has 4 heteroatoms. The molecule has 0 amide bonds. The van der Waals surface area contributed by atoms with Crippen LogP contribution in [0.2, 0.25) is 0 Å². The molecule has 74 valence electrons. The van der Waals surface area contributed by atoms with Crippen molar-refractivity contribution in [2.75, 3.05) is 0 Å². The van der Waals surface area contributed by atoms with Crippen molar-refractivity contribution in [3.05, 3.63) is 48.8 Å². The Morgan fingerprint density at radius 2 is 1.79 bits per heavy atom. The maximum atomic E-state index is 4.22. The summed E-state index contributed by atoms with van der Waals surface area (Å²) >= 11 is 0. The van der Waals surface area contributed by atoms with Gasteiger partial charge in [-0.3, -0.25) is 0 Å². The Bertz CT molecular complexity index is 316. The number of nitrogens with zero attached hydrogens (tertiary/aromatic N) is 1. The fourth-order valence-electron chi connectivity index (χ4n) is 1.07. The summed E-state index contributed by atoms with van der Waals surface area (Å²) in [5.74, 6) is 0. The van der Waals surface area contributed by atoms with E-state index in [9.17, 15) is 0 Å². The zero-order chi connectivity index (χ0) is 8.23. The average molecular weight is 255 g/mol. The number of hydrogen-bond acceptors (Lipinski definition) is 1. The second kappa shape index (κ2) is 6.23. The van der Waals surface area contributed by atoms with Crippen LogP contribution < -0.4 is 22.0 Å². The van der Waals surface area contributed by atoms with Crippen molar-refractivity contribution in [3.8, 4) is 11.4 Å². The van der Waals surface area contributed by atoms with Crippen LogP contribution in [0.1, 0.15) is 0 Å². The molecule has 2 aromatic rings. The highest BCUT2D eigenvalue weighted by Gasteiger charge is 2.01. The van der Waals surface area contributed by atoms with Crippen LogP contribution in [-0.4, -0.2) is 10.5 Å². The topological polar surface area (TPSA) is 58.5 Å². The minimum Gasteiger partial charge on any atom is -1.00 e. The summed E-state index contributed by atoms with van der Waals surface area (Å²) in [5.41, 5.74) is 2.01. The predicted molar refractivity (Wildman–Crippen MR) is 49.8 cm³/mol. The molecule has 0 aromatic carbocycles. The van der Waals surface area contributed by atoms with E-state index in [2.05, 4.69) is 9.97 Å². The molecule has 14 heavy (non-hydrogen) atoms. The van der Waals surface area contributed by atoms with E-state index in [1.54, 1.807) is 6.20 Å². The lowest BCUT2D eigenvalue weighted by Gasteiger charge is -1.90. The van der Waals surface area contributed by atoms with Gasteiger partial charge in [0.25, 0.3) is 0 Å². The lowest BCUT2D eigenvalue weighted by Crippen LogP contribution is -3.00. The highest BCUT2D eigenvalue weighted by atomic mass is 79.9. The van der Waals surface area contributed by atoms with E-state index in [4.69, 9.17) is 0 Å². The molecular formula is C10H11BrN2O. The molecule has 0 aliphatic carbocycles. The lowest BCUT2D eigenvalue weighted by atomic mass is 10.2. The number of nitrogens with one attached hydrogen (secondary N) is 1. The molecule has 0 radical (unpaired) electrons. The molecule has 0 saturated carbocycles. The van der Waals surface area contributed by atoms with Gasteiger partial charge in [-0.2, -0.15) is 0 Å². The van der Waals surface area contributed by atoms with Crippen molar-refractivity contribution in [1.29, 1.82) is 0 Å². The van der Waals surface area contributed by atoms with Gasteiger partial charge in [-0.25, -0.2) is 9.97 Å². The highest BCUT2D eigenvalue weighted by molar-refractivity contribution is 5.48. The normalized spacial score (nSPS) is 8.29. The van der Waals surface area contributed by atoms with Crippen LogP contribution >= 0.6 is 0 Å². The van der Waals surface area contributed by atoms with Crippen molar-refractivity contribution in [2.24, 2.45) is 0 Å². The molecular weight excluding hydrogens is 244 g/mol. The first-order valence-electron chi connectivity index (χ1n) is 3.85. The van der Waals surface area contributed by atoms with Gasteiger partial charge in [0, 0.05) is 18.3 Å². The van der Waals surface area contributed by atoms with E-state index in [1.807, 2.05) is 42.6 Å². The number of aromatic nitrogens is 2. The summed E-state index contributed by atoms with van der Waals surface area (Å²) in [6, 6.07) is 11.8. The van der Waals surface area contributed by atoms with Crippen LogP contribution in [-0.2, 0) is 0 Å². The van der Waals surface area contributed by atoms with E-state index in [0.29, 0.717) is 0 Å². The fourth-order valence-corrected chi connectivity index (χ4v) is 1.07. The summed E-state index contributed by atoms with van der Waals surface area (Å²) in [5, 5.41) is 0. The summed E-state index contributed by atoms with van der Waals surface area (Å²) in [6.07, 6.45) is 3.68. The van der Waals surface area contributed by atoms with Gasteiger partial charge in [0.05, 0.1) is 0 Å². The maximum absolute atomic E-state index is 4.22. The van der Waals surface area contributed by atoms with Crippen molar-refractivity contribution < 1.29 is 27.4 Å². The van der Waals surface area contributed by atoms with Crippen molar-refractivity contribution in [1.82, 2.24) is 4.98 Å². The van der Waals surface area contributed by atoms with Crippen LogP contribution in [0.4, 0.5) is 0 Å². The van der Waals surface area contributed by atoms with Crippen LogP contribution in [0.5, 0.6) is 0 Å². The van der Waals surface area contributed by atoms with Gasteiger partial charge in [-0.05, 0) is 18.2 Å². The molecule has 0 aliphatic heterocycles. The molecule has 2 rings (SSSR count). The van der Waals surface area contributed by atoms with Crippen molar-refractivity contribution >= 4 is 0 Å². The van der Waals surface area contributed by atoms with Gasteiger partial charge in [0.1, 0.15) is 5.69 Å². The lowest BCUT2D eigenvalue weighted by molar-refractivity contribution is -0.364. The summed E-state index contributed by atoms with van der Waals surface area (Å²) in [4.78, 5) is 7.34. The van der Waals surface area contributed by atoms with E-state index in [1.165, 1.54) is 0 Å². The van der Waals surface area contributed by atoms with Gasteiger partial charge in [-0.1, -0.05) is 6.07 Å². The van der Waals surface area contributed by atoms with E-state index >= 15 is 0 Å². The van der Waals surface area contributed by atoms with Crippen molar-refractivity contribution in [2.45, 2.75) is 0 Å². The molecule has 0 bridgehead atoms. The molecule has 0 spiro atoms. The monoisotopic (exact) mass is 254 g/mol. The summed E-state index contributed by atoms with van der Waals surface area (Å²) < 4.78 is 0. The Morgan fingerprint density at radius 1 is 1.00 bits per heavy atom. The molecule has 3 nitrogen and oxygen atoms in total. The van der Waals surface area contributed by atoms with E-state index in [0.717, 1.165) is 11.4 Å². The third kappa shape index (κ3) is 2.90. The second-order valence-electron chi connectivity index (χ2n) is 2.49. The molecule has 2 aromatic heterocycles. The third-order valence-corrected chi connectivity index (χ3v) is 1.65. The number of halogens is 1.